The molecule has 1 nitrogen and oxygen atoms in total. The molecule has 2 rings (SSSR count). The van der Waals surface area contributed by atoms with Crippen molar-refractivity contribution in [1.82, 2.24) is 0 Å². The zero-order valence-electron chi connectivity index (χ0n) is 10.8. The Balaban J connectivity index is 1.94. The normalized spacial score (nSPS) is 26.0. The summed E-state index contributed by atoms with van der Waals surface area (Å²) in [6.45, 7) is 2.30. The number of hydrogen-bond donors (Lipinski definition) is 1. The summed E-state index contributed by atoms with van der Waals surface area (Å²) in [6, 6.07) is 5.13. The summed E-state index contributed by atoms with van der Waals surface area (Å²) in [5.74, 6) is 1.07. The van der Waals surface area contributed by atoms with Crippen LogP contribution in [0.4, 0.5) is 4.39 Å². The Kier molecular flexibility index (Phi) is 4.63. The van der Waals surface area contributed by atoms with Gasteiger partial charge < -0.3 is 5.73 Å². The molecule has 1 aromatic rings. The van der Waals surface area contributed by atoms with E-state index in [1.165, 1.54) is 31.7 Å². The molecule has 1 aromatic carbocycles. The minimum Gasteiger partial charge on any atom is -0.327 e. The van der Waals surface area contributed by atoms with Gasteiger partial charge in [-0.25, -0.2) is 4.39 Å². The van der Waals surface area contributed by atoms with Gasteiger partial charge in [-0.05, 0) is 48.8 Å². The summed E-state index contributed by atoms with van der Waals surface area (Å²) >= 11 is 5.68. The van der Waals surface area contributed by atoms with Gasteiger partial charge >= 0.3 is 0 Å². The molecule has 100 valence electrons. The molecule has 1 unspecified atom stereocenters. The van der Waals surface area contributed by atoms with Crippen molar-refractivity contribution in [2.24, 2.45) is 17.6 Å². The lowest BCUT2D eigenvalue weighted by Gasteiger charge is -2.30. The van der Waals surface area contributed by atoms with Gasteiger partial charge in [0.05, 0.1) is 5.02 Å². The second-order valence-electron chi connectivity index (χ2n) is 5.64. The minimum atomic E-state index is -0.348. The Bertz CT molecular complexity index is 399. The molecule has 1 fully saturated rings. The van der Waals surface area contributed by atoms with E-state index in [4.69, 9.17) is 17.3 Å². The first-order valence-electron chi connectivity index (χ1n) is 6.75. The van der Waals surface area contributed by atoms with E-state index in [1.54, 1.807) is 6.07 Å². The van der Waals surface area contributed by atoms with Crippen molar-refractivity contribution in [3.63, 3.8) is 0 Å². The van der Waals surface area contributed by atoms with Crippen LogP contribution in [0.25, 0.3) is 0 Å². The molecule has 0 spiro atoms. The SMILES string of the molecule is CC1CCC(C(N)Cc2ccc(Cl)c(F)c2)CC1. The fourth-order valence-electron chi connectivity index (χ4n) is 2.82. The summed E-state index contributed by atoms with van der Waals surface area (Å²) in [6.07, 6.45) is 5.70. The Hall–Kier alpha value is -0.600. The number of benzene rings is 1. The maximum absolute atomic E-state index is 13.4. The van der Waals surface area contributed by atoms with E-state index in [0.717, 1.165) is 17.9 Å². The number of hydrogen-bond acceptors (Lipinski definition) is 1. The molecule has 1 saturated carbocycles. The monoisotopic (exact) mass is 269 g/mol. The van der Waals surface area contributed by atoms with Crippen LogP contribution in [-0.2, 0) is 6.42 Å². The molecule has 0 saturated heterocycles. The molecule has 1 aliphatic rings. The topological polar surface area (TPSA) is 26.0 Å². The maximum atomic E-state index is 13.4. The van der Waals surface area contributed by atoms with E-state index in [2.05, 4.69) is 6.92 Å². The second-order valence-corrected chi connectivity index (χ2v) is 6.04. The van der Waals surface area contributed by atoms with Crippen molar-refractivity contribution >= 4 is 11.6 Å². The quantitative estimate of drug-likeness (QED) is 0.875. The maximum Gasteiger partial charge on any atom is 0.142 e. The average Bonchev–Trinajstić information content (AvgIpc) is 2.34. The summed E-state index contributed by atoms with van der Waals surface area (Å²) in [5, 5.41) is 0.179. The lowest BCUT2D eigenvalue weighted by atomic mass is 9.78. The van der Waals surface area contributed by atoms with E-state index in [1.807, 2.05) is 6.07 Å². The molecule has 2 N–H and O–H groups in total. The van der Waals surface area contributed by atoms with E-state index >= 15 is 0 Å². The van der Waals surface area contributed by atoms with Gasteiger partial charge in [-0.2, -0.15) is 0 Å². The highest BCUT2D eigenvalue weighted by atomic mass is 35.5. The fraction of sp³-hybridized carbons (Fsp3) is 0.600. The summed E-state index contributed by atoms with van der Waals surface area (Å²) in [7, 11) is 0. The molecule has 0 aromatic heterocycles. The number of halogens is 2. The molecule has 18 heavy (non-hydrogen) atoms. The molecule has 0 radical (unpaired) electrons. The molecular weight excluding hydrogens is 249 g/mol. The summed E-state index contributed by atoms with van der Waals surface area (Å²) in [4.78, 5) is 0. The second kappa shape index (κ2) is 6.03. The van der Waals surface area contributed by atoms with Crippen molar-refractivity contribution < 1.29 is 4.39 Å². The zero-order chi connectivity index (χ0) is 13.1. The average molecular weight is 270 g/mol. The van der Waals surface area contributed by atoms with Crippen molar-refractivity contribution in [1.29, 1.82) is 0 Å². The minimum absolute atomic E-state index is 0.137. The van der Waals surface area contributed by atoms with Crippen molar-refractivity contribution in [3.05, 3.63) is 34.6 Å². The third-order valence-electron chi connectivity index (χ3n) is 4.12. The Morgan fingerprint density at radius 3 is 2.61 bits per heavy atom. The standard InChI is InChI=1S/C15H21ClFN/c1-10-2-5-12(6-3-10)15(18)9-11-4-7-13(16)14(17)8-11/h4,7-8,10,12,15H,2-3,5-6,9,18H2,1H3. The van der Waals surface area contributed by atoms with Crippen LogP contribution in [0, 0.1) is 17.7 Å². The first-order valence-corrected chi connectivity index (χ1v) is 7.13. The molecule has 3 heteroatoms. The molecule has 1 atom stereocenters. The Labute approximate surface area is 114 Å². The Morgan fingerprint density at radius 2 is 2.00 bits per heavy atom. The van der Waals surface area contributed by atoms with Crippen molar-refractivity contribution in [2.75, 3.05) is 0 Å². The van der Waals surface area contributed by atoms with E-state index in [0.29, 0.717) is 5.92 Å². The highest BCUT2D eigenvalue weighted by molar-refractivity contribution is 6.30. The molecule has 0 amide bonds. The molecule has 0 aliphatic heterocycles. The summed E-state index contributed by atoms with van der Waals surface area (Å²) < 4.78 is 13.4. The van der Waals surface area contributed by atoms with Gasteiger partial charge in [0.2, 0.25) is 0 Å². The molecule has 1 aliphatic carbocycles. The van der Waals surface area contributed by atoms with Crippen LogP contribution in [-0.4, -0.2) is 6.04 Å². The number of nitrogens with two attached hydrogens (primary N) is 1. The predicted molar refractivity (Wildman–Crippen MR) is 74.2 cm³/mol. The van der Waals surface area contributed by atoms with Crippen LogP contribution in [0.1, 0.15) is 38.2 Å². The third-order valence-corrected chi connectivity index (χ3v) is 4.43. The van der Waals surface area contributed by atoms with Crippen molar-refractivity contribution in [3.8, 4) is 0 Å². The predicted octanol–water partition coefficient (Wildman–Crippen LogP) is 4.18. The first kappa shape index (κ1) is 13.8. The molecular formula is C15H21ClFN. The van der Waals surface area contributed by atoms with Crippen LogP contribution in [0.3, 0.4) is 0 Å². The summed E-state index contributed by atoms with van der Waals surface area (Å²) in [5.41, 5.74) is 7.21. The van der Waals surface area contributed by atoms with Gasteiger partial charge in [0.1, 0.15) is 5.82 Å². The van der Waals surface area contributed by atoms with Crippen LogP contribution < -0.4 is 5.73 Å². The highest BCUT2D eigenvalue weighted by Crippen LogP contribution is 2.31. The van der Waals surface area contributed by atoms with Crippen molar-refractivity contribution in [2.45, 2.75) is 45.1 Å². The van der Waals surface area contributed by atoms with Crippen LogP contribution in [0.2, 0.25) is 5.02 Å². The zero-order valence-corrected chi connectivity index (χ0v) is 11.6. The highest BCUT2D eigenvalue weighted by Gasteiger charge is 2.23. The molecule has 0 bridgehead atoms. The van der Waals surface area contributed by atoms with Gasteiger partial charge in [0, 0.05) is 6.04 Å². The van der Waals surface area contributed by atoms with Crippen LogP contribution in [0.15, 0.2) is 18.2 Å². The van der Waals surface area contributed by atoms with Gasteiger partial charge in [0.25, 0.3) is 0 Å². The lowest BCUT2D eigenvalue weighted by molar-refractivity contribution is 0.253. The Morgan fingerprint density at radius 1 is 1.33 bits per heavy atom. The number of rotatable bonds is 3. The third kappa shape index (κ3) is 3.46. The first-order chi connectivity index (χ1) is 8.56. The van der Waals surface area contributed by atoms with Crippen LogP contribution in [0.5, 0.6) is 0 Å². The largest absolute Gasteiger partial charge is 0.327 e. The van der Waals surface area contributed by atoms with Gasteiger partial charge in [-0.15, -0.1) is 0 Å². The van der Waals surface area contributed by atoms with E-state index in [9.17, 15) is 4.39 Å². The van der Waals surface area contributed by atoms with Gasteiger partial charge in [-0.1, -0.05) is 37.4 Å². The molecule has 0 heterocycles. The van der Waals surface area contributed by atoms with Crippen LogP contribution >= 0.6 is 11.6 Å². The van der Waals surface area contributed by atoms with E-state index < -0.39 is 0 Å². The smallest absolute Gasteiger partial charge is 0.142 e. The van der Waals surface area contributed by atoms with E-state index in [-0.39, 0.29) is 16.9 Å². The van der Waals surface area contributed by atoms with Gasteiger partial charge in [0.15, 0.2) is 0 Å². The lowest BCUT2D eigenvalue weighted by Crippen LogP contribution is -2.34. The fourth-order valence-corrected chi connectivity index (χ4v) is 2.94. The van der Waals surface area contributed by atoms with Gasteiger partial charge in [-0.3, -0.25) is 0 Å².